The Balaban J connectivity index is 2.72. The van der Waals surface area contributed by atoms with Gasteiger partial charge in [0.1, 0.15) is 0 Å². The van der Waals surface area contributed by atoms with Gasteiger partial charge in [0.2, 0.25) is 0 Å². The number of rotatable bonds is 8. The number of hydrogen-bond acceptors (Lipinski definition) is 4. The van der Waals surface area contributed by atoms with Crippen molar-refractivity contribution in [2.75, 3.05) is 14.2 Å². The molecule has 0 heterocycles. The van der Waals surface area contributed by atoms with E-state index in [1.54, 1.807) is 26.4 Å². The highest BCUT2D eigenvalue weighted by atomic mass is 35.5. The molecule has 0 amide bonds. The highest BCUT2D eigenvalue weighted by Crippen LogP contribution is 2.36. The van der Waals surface area contributed by atoms with Crippen molar-refractivity contribution in [2.24, 2.45) is 5.73 Å². The second-order valence-corrected chi connectivity index (χ2v) is 4.88. The van der Waals surface area contributed by atoms with Crippen LogP contribution in [0.4, 0.5) is 0 Å². The molecule has 1 rings (SSSR count). The van der Waals surface area contributed by atoms with Gasteiger partial charge in [-0.1, -0.05) is 18.0 Å². The summed E-state index contributed by atoms with van der Waals surface area (Å²) >= 11 is 6.19. The molecule has 1 atom stereocenters. The first-order valence-corrected chi connectivity index (χ1v) is 6.76. The summed E-state index contributed by atoms with van der Waals surface area (Å²) in [5.41, 5.74) is 6.88. The molecule has 0 aromatic heterocycles. The van der Waals surface area contributed by atoms with Crippen LogP contribution in [0.1, 0.15) is 37.3 Å². The van der Waals surface area contributed by atoms with Gasteiger partial charge in [0.15, 0.2) is 11.5 Å². The van der Waals surface area contributed by atoms with E-state index >= 15 is 0 Å². The van der Waals surface area contributed by atoms with Crippen LogP contribution in [0.5, 0.6) is 11.5 Å². The fourth-order valence-electron chi connectivity index (χ4n) is 1.95. The van der Waals surface area contributed by atoms with Crippen molar-refractivity contribution < 1.29 is 19.4 Å². The third-order valence-corrected chi connectivity index (χ3v) is 3.39. The predicted molar refractivity (Wildman–Crippen MR) is 77.6 cm³/mol. The topological polar surface area (TPSA) is 81.8 Å². The van der Waals surface area contributed by atoms with E-state index in [1.165, 1.54) is 0 Å². The number of aliphatic carboxylic acids is 1. The number of ether oxygens (including phenoxy) is 2. The lowest BCUT2D eigenvalue weighted by atomic mass is 10.0. The molecule has 0 bridgehead atoms. The van der Waals surface area contributed by atoms with Crippen LogP contribution in [0.3, 0.4) is 0 Å². The Kier molecular flexibility index (Phi) is 6.61. The molecule has 0 aliphatic carbocycles. The number of unbranched alkanes of at least 4 members (excludes halogenated alkanes) is 1. The van der Waals surface area contributed by atoms with Gasteiger partial charge in [-0.3, -0.25) is 4.79 Å². The van der Waals surface area contributed by atoms with Gasteiger partial charge in [-0.15, -0.1) is 0 Å². The second-order valence-electron chi connectivity index (χ2n) is 4.47. The molecule has 112 valence electrons. The highest BCUT2D eigenvalue weighted by molar-refractivity contribution is 6.31. The smallest absolute Gasteiger partial charge is 0.303 e. The highest BCUT2D eigenvalue weighted by Gasteiger charge is 2.15. The van der Waals surface area contributed by atoms with Gasteiger partial charge in [-0.25, -0.2) is 0 Å². The Morgan fingerprint density at radius 3 is 2.45 bits per heavy atom. The van der Waals surface area contributed by atoms with E-state index < -0.39 is 5.97 Å². The lowest BCUT2D eigenvalue weighted by molar-refractivity contribution is -0.137. The average Bonchev–Trinajstić information content (AvgIpc) is 2.42. The van der Waals surface area contributed by atoms with Gasteiger partial charge >= 0.3 is 5.97 Å². The number of carboxylic acid groups (broad SMARTS) is 1. The molecule has 5 nitrogen and oxygen atoms in total. The van der Waals surface area contributed by atoms with Gasteiger partial charge in [0.05, 0.1) is 14.2 Å². The number of nitrogens with two attached hydrogens (primary N) is 1. The van der Waals surface area contributed by atoms with E-state index in [-0.39, 0.29) is 12.5 Å². The molecule has 0 aliphatic heterocycles. The fourth-order valence-corrected chi connectivity index (χ4v) is 2.24. The van der Waals surface area contributed by atoms with E-state index in [4.69, 9.17) is 31.9 Å². The predicted octanol–water partition coefficient (Wildman–Crippen LogP) is 3.00. The van der Waals surface area contributed by atoms with Crippen LogP contribution < -0.4 is 15.2 Å². The zero-order chi connectivity index (χ0) is 15.1. The number of benzene rings is 1. The first kappa shape index (κ1) is 16.6. The zero-order valence-corrected chi connectivity index (χ0v) is 12.4. The van der Waals surface area contributed by atoms with Crippen molar-refractivity contribution in [3.63, 3.8) is 0 Å². The maximum Gasteiger partial charge on any atom is 0.303 e. The molecule has 1 aromatic rings. The Hall–Kier alpha value is -1.46. The number of carboxylic acids is 1. The quantitative estimate of drug-likeness (QED) is 0.721. The molecule has 0 fully saturated rings. The Labute approximate surface area is 123 Å². The van der Waals surface area contributed by atoms with Crippen LogP contribution >= 0.6 is 11.6 Å². The van der Waals surface area contributed by atoms with E-state index in [9.17, 15) is 4.79 Å². The summed E-state index contributed by atoms with van der Waals surface area (Å²) in [7, 11) is 3.09. The SMILES string of the molecule is COc1cc(Cl)c(C(N)CCCCC(=O)O)cc1OC. The molecular weight excluding hydrogens is 282 g/mol. The van der Waals surface area contributed by atoms with Crippen LogP contribution in [0.25, 0.3) is 0 Å². The molecule has 3 N–H and O–H groups in total. The largest absolute Gasteiger partial charge is 0.493 e. The summed E-state index contributed by atoms with van der Waals surface area (Å²) in [6.07, 6.45) is 2.17. The minimum absolute atomic E-state index is 0.159. The van der Waals surface area contributed by atoms with Crippen molar-refractivity contribution >= 4 is 17.6 Å². The van der Waals surface area contributed by atoms with E-state index in [2.05, 4.69) is 0 Å². The van der Waals surface area contributed by atoms with Crippen molar-refractivity contribution in [3.05, 3.63) is 22.7 Å². The summed E-state index contributed by atoms with van der Waals surface area (Å²) in [5, 5.41) is 9.10. The molecule has 0 spiro atoms. The average molecular weight is 302 g/mol. The third-order valence-electron chi connectivity index (χ3n) is 3.06. The first-order chi connectivity index (χ1) is 9.49. The van der Waals surface area contributed by atoms with Gasteiger partial charge in [-0.2, -0.15) is 0 Å². The van der Waals surface area contributed by atoms with Crippen molar-refractivity contribution in [3.8, 4) is 11.5 Å². The van der Waals surface area contributed by atoms with Crippen LogP contribution in [0.15, 0.2) is 12.1 Å². The van der Waals surface area contributed by atoms with Crippen molar-refractivity contribution in [1.29, 1.82) is 0 Å². The summed E-state index contributed by atoms with van der Waals surface area (Å²) in [4.78, 5) is 10.4. The molecule has 0 saturated carbocycles. The second kappa shape index (κ2) is 7.97. The number of hydrogen-bond donors (Lipinski definition) is 2. The summed E-state index contributed by atoms with van der Waals surface area (Å²) in [5.74, 6) is 0.343. The van der Waals surface area contributed by atoms with Crippen LogP contribution in [-0.4, -0.2) is 25.3 Å². The Morgan fingerprint density at radius 1 is 1.30 bits per heavy atom. The maximum absolute atomic E-state index is 10.4. The summed E-state index contributed by atoms with van der Waals surface area (Å²) in [6.45, 7) is 0. The van der Waals surface area contributed by atoms with E-state index in [0.717, 1.165) is 12.0 Å². The standard InChI is InChI=1S/C14H20ClNO4/c1-19-12-7-9(10(15)8-13(12)20-2)11(16)5-3-4-6-14(17)18/h7-8,11H,3-6,16H2,1-2H3,(H,17,18). The normalized spacial score (nSPS) is 12.0. The van der Waals surface area contributed by atoms with Gasteiger partial charge < -0.3 is 20.3 Å². The minimum Gasteiger partial charge on any atom is -0.493 e. The zero-order valence-electron chi connectivity index (χ0n) is 11.7. The minimum atomic E-state index is -0.789. The Morgan fingerprint density at radius 2 is 1.90 bits per heavy atom. The third kappa shape index (κ3) is 4.58. The number of halogens is 1. The first-order valence-electron chi connectivity index (χ1n) is 6.38. The molecular formula is C14H20ClNO4. The fraction of sp³-hybridized carbons (Fsp3) is 0.500. The van der Waals surface area contributed by atoms with E-state index in [1.807, 2.05) is 0 Å². The Bertz CT molecular complexity index is 465. The van der Waals surface area contributed by atoms with Crippen LogP contribution in [0, 0.1) is 0 Å². The number of carbonyl (C=O) groups is 1. The van der Waals surface area contributed by atoms with Crippen molar-refractivity contribution in [1.82, 2.24) is 0 Å². The molecule has 0 saturated heterocycles. The van der Waals surface area contributed by atoms with Gasteiger partial charge in [-0.05, 0) is 24.5 Å². The van der Waals surface area contributed by atoms with Crippen LogP contribution in [-0.2, 0) is 4.79 Å². The van der Waals surface area contributed by atoms with Gasteiger partial charge in [0, 0.05) is 23.6 Å². The maximum atomic E-state index is 10.4. The number of methoxy groups -OCH3 is 2. The summed E-state index contributed by atoms with van der Waals surface area (Å²) < 4.78 is 10.4. The summed E-state index contributed by atoms with van der Waals surface area (Å²) in [6, 6.07) is 3.19. The molecule has 0 aliphatic rings. The molecule has 1 aromatic carbocycles. The van der Waals surface area contributed by atoms with Gasteiger partial charge in [0.25, 0.3) is 0 Å². The van der Waals surface area contributed by atoms with E-state index in [0.29, 0.717) is 29.4 Å². The molecule has 6 heteroatoms. The van der Waals surface area contributed by atoms with Crippen molar-refractivity contribution in [2.45, 2.75) is 31.7 Å². The molecule has 20 heavy (non-hydrogen) atoms. The molecule has 0 radical (unpaired) electrons. The lowest BCUT2D eigenvalue weighted by Crippen LogP contribution is -2.11. The monoisotopic (exact) mass is 301 g/mol. The lowest BCUT2D eigenvalue weighted by Gasteiger charge is -2.16. The van der Waals surface area contributed by atoms with Crippen LogP contribution in [0.2, 0.25) is 5.02 Å². The molecule has 1 unspecified atom stereocenters.